The van der Waals surface area contributed by atoms with Crippen molar-refractivity contribution in [3.05, 3.63) is 34.6 Å². The molecule has 0 bridgehead atoms. The summed E-state index contributed by atoms with van der Waals surface area (Å²) in [5, 5.41) is 0.548. The summed E-state index contributed by atoms with van der Waals surface area (Å²) in [6, 6.07) is 4.60. The van der Waals surface area contributed by atoms with Crippen molar-refractivity contribution in [3.8, 4) is 0 Å². The standard InChI is InChI=1S/C14H17ClFNO/c1-2-10-8-17(6-5-14(10)18)9-11-7-12(15)3-4-13(11)16/h3-4,7,10H,2,5-6,8-9H2,1H3. The summed E-state index contributed by atoms with van der Waals surface area (Å²) in [7, 11) is 0. The second-order valence-corrected chi connectivity index (χ2v) is 5.23. The first-order valence-corrected chi connectivity index (χ1v) is 6.67. The molecule has 1 atom stereocenters. The van der Waals surface area contributed by atoms with Crippen LogP contribution >= 0.6 is 11.6 Å². The van der Waals surface area contributed by atoms with E-state index in [1.807, 2.05) is 6.92 Å². The molecule has 0 radical (unpaired) electrons. The van der Waals surface area contributed by atoms with Crippen LogP contribution in [0.15, 0.2) is 18.2 Å². The van der Waals surface area contributed by atoms with E-state index in [-0.39, 0.29) is 11.7 Å². The smallest absolute Gasteiger partial charge is 0.138 e. The SMILES string of the molecule is CCC1CN(Cc2cc(Cl)ccc2F)CCC1=O. The number of carbonyl (C=O) groups excluding carboxylic acids is 1. The average Bonchev–Trinajstić information content (AvgIpc) is 2.36. The summed E-state index contributed by atoms with van der Waals surface area (Å²) in [4.78, 5) is 13.8. The number of carbonyl (C=O) groups is 1. The molecule has 1 aromatic carbocycles. The molecule has 1 aliphatic rings. The van der Waals surface area contributed by atoms with E-state index in [4.69, 9.17) is 11.6 Å². The predicted molar refractivity (Wildman–Crippen MR) is 70.1 cm³/mol. The van der Waals surface area contributed by atoms with Crippen LogP contribution in [0.2, 0.25) is 5.02 Å². The first-order chi connectivity index (χ1) is 8.60. The van der Waals surface area contributed by atoms with E-state index >= 15 is 0 Å². The fourth-order valence-electron chi connectivity index (χ4n) is 2.38. The number of hydrogen-bond donors (Lipinski definition) is 0. The van der Waals surface area contributed by atoms with Gasteiger partial charge in [-0.05, 0) is 24.6 Å². The van der Waals surface area contributed by atoms with Crippen LogP contribution in [0.1, 0.15) is 25.3 Å². The zero-order valence-electron chi connectivity index (χ0n) is 10.5. The normalized spacial score (nSPS) is 21.3. The molecule has 0 amide bonds. The lowest BCUT2D eigenvalue weighted by atomic mass is 9.94. The van der Waals surface area contributed by atoms with E-state index in [1.54, 1.807) is 12.1 Å². The lowest BCUT2D eigenvalue weighted by Gasteiger charge is -2.31. The van der Waals surface area contributed by atoms with Crippen LogP contribution in [0.3, 0.4) is 0 Å². The van der Waals surface area contributed by atoms with E-state index in [2.05, 4.69) is 4.90 Å². The molecule has 1 aromatic rings. The van der Waals surface area contributed by atoms with Crippen molar-refractivity contribution in [2.75, 3.05) is 13.1 Å². The van der Waals surface area contributed by atoms with Crippen LogP contribution in [0.4, 0.5) is 4.39 Å². The Morgan fingerprint density at radius 2 is 2.28 bits per heavy atom. The molecule has 1 heterocycles. The Labute approximate surface area is 112 Å². The maximum absolute atomic E-state index is 13.6. The topological polar surface area (TPSA) is 20.3 Å². The van der Waals surface area contributed by atoms with Gasteiger partial charge in [-0.25, -0.2) is 4.39 Å². The third-order valence-corrected chi connectivity index (χ3v) is 3.74. The van der Waals surface area contributed by atoms with Crippen molar-refractivity contribution in [3.63, 3.8) is 0 Å². The van der Waals surface area contributed by atoms with Crippen LogP contribution < -0.4 is 0 Å². The van der Waals surface area contributed by atoms with Gasteiger partial charge in [0.15, 0.2) is 0 Å². The van der Waals surface area contributed by atoms with Crippen molar-refractivity contribution in [1.29, 1.82) is 0 Å². The summed E-state index contributed by atoms with van der Waals surface area (Å²) in [5.41, 5.74) is 0.603. The van der Waals surface area contributed by atoms with E-state index < -0.39 is 0 Å². The quantitative estimate of drug-likeness (QED) is 0.839. The minimum absolute atomic E-state index is 0.0981. The largest absolute Gasteiger partial charge is 0.299 e. The van der Waals surface area contributed by atoms with Gasteiger partial charge in [0, 0.05) is 42.6 Å². The van der Waals surface area contributed by atoms with Gasteiger partial charge in [0.2, 0.25) is 0 Å². The Bertz CT molecular complexity index is 449. The monoisotopic (exact) mass is 269 g/mol. The van der Waals surface area contributed by atoms with Crippen LogP contribution in [-0.4, -0.2) is 23.8 Å². The highest BCUT2D eigenvalue weighted by molar-refractivity contribution is 6.30. The number of piperidine rings is 1. The second kappa shape index (κ2) is 5.81. The fraction of sp³-hybridized carbons (Fsp3) is 0.500. The first-order valence-electron chi connectivity index (χ1n) is 6.29. The molecule has 4 heteroatoms. The maximum atomic E-state index is 13.6. The van der Waals surface area contributed by atoms with Gasteiger partial charge in [0.1, 0.15) is 11.6 Å². The Balaban J connectivity index is 2.05. The van der Waals surface area contributed by atoms with Crippen LogP contribution in [0.25, 0.3) is 0 Å². The molecule has 0 N–H and O–H groups in total. The third-order valence-electron chi connectivity index (χ3n) is 3.50. The molecule has 0 spiro atoms. The summed E-state index contributed by atoms with van der Waals surface area (Å²) < 4.78 is 13.6. The molecule has 1 saturated heterocycles. The molecule has 98 valence electrons. The number of ketones is 1. The van der Waals surface area contributed by atoms with E-state index in [0.29, 0.717) is 35.9 Å². The highest BCUT2D eigenvalue weighted by Crippen LogP contribution is 2.21. The molecule has 1 unspecified atom stereocenters. The van der Waals surface area contributed by atoms with E-state index in [0.717, 1.165) is 13.0 Å². The number of nitrogens with zero attached hydrogens (tertiary/aromatic N) is 1. The first kappa shape index (κ1) is 13.5. The van der Waals surface area contributed by atoms with Gasteiger partial charge < -0.3 is 0 Å². The molecule has 2 nitrogen and oxygen atoms in total. The number of likely N-dealkylation sites (tertiary alicyclic amines) is 1. The molecule has 1 aliphatic heterocycles. The number of rotatable bonds is 3. The van der Waals surface area contributed by atoms with Crippen molar-refractivity contribution >= 4 is 17.4 Å². The van der Waals surface area contributed by atoms with Crippen molar-refractivity contribution in [1.82, 2.24) is 4.90 Å². The lowest BCUT2D eigenvalue weighted by Crippen LogP contribution is -2.40. The zero-order chi connectivity index (χ0) is 13.1. The van der Waals surface area contributed by atoms with Crippen LogP contribution in [0.5, 0.6) is 0 Å². The number of halogens is 2. The Hall–Kier alpha value is -0.930. The summed E-state index contributed by atoms with van der Waals surface area (Å²) in [6.07, 6.45) is 1.42. The maximum Gasteiger partial charge on any atom is 0.138 e. The van der Waals surface area contributed by atoms with Crippen LogP contribution in [-0.2, 0) is 11.3 Å². The predicted octanol–water partition coefficient (Wildman–Crippen LogP) is 3.28. The summed E-state index contributed by atoms with van der Waals surface area (Å²) in [5.74, 6) is 0.200. The van der Waals surface area contributed by atoms with Gasteiger partial charge >= 0.3 is 0 Å². The molecular formula is C14H17ClFNO. The third kappa shape index (κ3) is 3.09. The van der Waals surface area contributed by atoms with Gasteiger partial charge in [0.05, 0.1) is 0 Å². The molecule has 1 fully saturated rings. The summed E-state index contributed by atoms with van der Waals surface area (Å²) >= 11 is 5.87. The minimum atomic E-state index is -0.232. The Morgan fingerprint density at radius 3 is 3.00 bits per heavy atom. The highest BCUT2D eigenvalue weighted by Gasteiger charge is 2.25. The Kier molecular flexibility index (Phi) is 4.36. The van der Waals surface area contributed by atoms with Gasteiger partial charge in [-0.3, -0.25) is 9.69 Å². The van der Waals surface area contributed by atoms with Gasteiger partial charge in [-0.15, -0.1) is 0 Å². The van der Waals surface area contributed by atoms with Crippen molar-refractivity contribution < 1.29 is 9.18 Å². The average molecular weight is 270 g/mol. The summed E-state index contributed by atoms with van der Waals surface area (Å²) in [6.45, 7) is 3.98. The molecule has 18 heavy (non-hydrogen) atoms. The number of Topliss-reactive ketones (excluding diaryl/α,β-unsaturated/α-hetero) is 1. The second-order valence-electron chi connectivity index (χ2n) is 4.79. The Morgan fingerprint density at radius 1 is 1.50 bits per heavy atom. The molecule has 0 aliphatic carbocycles. The highest BCUT2D eigenvalue weighted by atomic mass is 35.5. The van der Waals surface area contributed by atoms with Gasteiger partial charge in [-0.2, -0.15) is 0 Å². The lowest BCUT2D eigenvalue weighted by molar-refractivity contribution is -0.126. The van der Waals surface area contributed by atoms with Crippen LogP contribution in [0, 0.1) is 11.7 Å². The molecule has 0 saturated carbocycles. The van der Waals surface area contributed by atoms with E-state index in [1.165, 1.54) is 6.07 Å². The van der Waals surface area contributed by atoms with Crippen molar-refractivity contribution in [2.24, 2.45) is 5.92 Å². The minimum Gasteiger partial charge on any atom is -0.299 e. The molecule has 2 rings (SSSR count). The number of hydrogen-bond acceptors (Lipinski definition) is 2. The van der Waals surface area contributed by atoms with Crippen molar-refractivity contribution in [2.45, 2.75) is 26.3 Å². The molecular weight excluding hydrogens is 253 g/mol. The van der Waals surface area contributed by atoms with E-state index in [9.17, 15) is 9.18 Å². The van der Waals surface area contributed by atoms with Gasteiger partial charge in [-0.1, -0.05) is 18.5 Å². The zero-order valence-corrected chi connectivity index (χ0v) is 11.2. The number of benzene rings is 1. The van der Waals surface area contributed by atoms with Gasteiger partial charge in [0.25, 0.3) is 0 Å². The fourth-order valence-corrected chi connectivity index (χ4v) is 2.58. The molecule has 0 aromatic heterocycles.